The molecular formula is C24H27Cl2N5O2. The smallest absolute Gasteiger partial charge is 0.188 e. The molecule has 0 unspecified atom stereocenters. The molecule has 0 aliphatic carbocycles. The molecule has 3 aromatic rings. The molecule has 7 nitrogen and oxygen atoms in total. The van der Waals surface area contributed by atoms with Gasteiger partial charge < -0.3 is 20.1 Å². The zero-order valence-electron chi connectivity index (χ0n) is 18.4. The summed E-state index contributed by atoms with van der Waals surface area (Å²) < 4.78 is 5.22. The van der Waals surface area contributed by atoms with E-state index >= 15 is 0 Å². The number of aliphatic hydroxyl groups excluding tert-OH is 1. The van der Waals surface area contributed by atoms with Gasteiger partial charge in [0.05, 0.1) is 18.7 Å². The molecule has 2 heterocycles. The molecule has 1 fully saturated rings. The van der Waals surface area contributed by atoms with E-state index in [0.29, 0.717) is 34.7 Å². The van der Waals surface area contributed by atoms with Crippen molar-refractivity contribution in [1.82, 2.24) is 10.2 Å². The van der Waals surface area contributed by atoms with E-state index in [1.165, 1.54) is 0 Å². The molecule has 1 saturated heterocycles. The highest BCUT2D eigenvalue weighted by molar-refractivity contribution is 6.32. The Labute approximate surface area is 204 Å². The first-order valence-electron chi connectivity index (χ1n) is 10.7. The highest BCUT2D eigenvalue weighted by atomic mass is 35.5. The summed E-state index contributed by atoms with van der Waals surface area (Å²) in [7, 11) is 1.59. The topological polar surface area (TPSA) is 74.9 Å². The van der Waals surface area contributed by atoms with Gasteiger partial charge in [-0.3, -0.25) is 0 Å². The summed E-state index contributed by atoms with van der Waals surface area (Å²) in [6.45, 7) is 9.94. The number of aliphatic hydroxyl groups is 1. The van der Waals surface area contributed by atoms with Gasteiger partial charge in [0, 0.05) is 37.0 Å². The fourth-order valence-corrected chi connectivity index (χ4v) is 4.46. The van der Waals surface area contributed by atoms with Crippen LogP contribution in [0.3, 0.4) is 0 Å². The van der Waals surface area contributed by atoms with Gasteiger partial charge in [-0.1, -0.05) is 29.8 Å². The summed E-state index contributed by atoms with van der Waals surface area (Å²) >= 11 is 6.25. The van der Waals surface area contributed by atoms with E-state index in [2.05, 4.69) is 25.3 Å². The normalized spacial score (nSPS) is 13.9. The van der Waals surface area contributed by atoms with E-state index in [-0.39, 0.29) is 19.0 Å². The molecule has 1 aromatic heterocycles. The molecule has 0 spiro atoms. The highest BCUT2D eigenvalue weighted by Gasteiger charge is 2.22. The number of hydrogen-bond acceptors (Lipinski definition) is 6. The van der Waals surface area contributed by atoms with Crippen LogP contribution in [0.1, 0.15) is 24.8 Å². The summed E-state index contributed by atoms with van der Waals surface area (Å²) in [5.41, 5.74) is 1.55. The molecule has 0 atom stereocenters. The molecule has 0 bridgehead atoms. The van der Waals surface area contributed by atoms with Crippen molar-refractivity contribution >= 4 is 52.1 Å². The molecule has 2 N–H and O–H groups in total. The van der Waals surface area contributed by atoms with Crippen LogP contribution in [0, 0.1) is 12.5 Å². The second-order valence-electron chi connectivity index (χ2n) is 7.98. The average Bonchev–Trinajstić information content (AvgIpc) is 2.83. The Morgan fingerprint density at radius 2 is 1.97 bits per heavy atom. The number of aromatic nitrogens is 2. The maximum Gasteiger partial charge on any atom is 0.188 e. The Hall–Kier alpha value is -2.79. The van der Waals surface area contributed by atoms with Gasteiger partial charge in [-0.25, -0.2) is 4.85 Å². The fraction of sp³-hybridized carbons (Fsp3) is 0.375. The Balaban J connectivity index is 0.00000306. The number of rotatable bonds is 7. The summed E-state index contributed by atoms with van der Waals surface area (Å²) in [5, 5.41) is 24.0. The lowest BCUT2D eigenvalue weighted by molar-refractivity contribution is 0.240. The van der Waals surface area contributed by atoms with Gasteiger partial charge in [-0.15, -0.1) is 22.6 Å². The third kappa shape index (κ3) is 5.59. The van der Waals surface area contributed by atoms with Gasteiger partial charge in [0.2, 0.25) is 0 Å². The van der Waals surface area contributed by atoms with Gasteiger partial charge in [0.1, 0.15) is 5.75 Å². The van der Waals surface area contributed by atoms with Crippen molar-refractivity contribution in [2.75, 3.05) is 37.0 Å². The van der Waals surface area contributed by atoms with Crippen molar-refractivity contribution in [2.45, 2.75) is 25.8 Å². The maximum atomic E-state index is 9.22. The number of nitrogens with zero attached hydrogens (tertiary/aromatic N) is 4. The SMILES string of the molecule is Cl.[C-]#[N+]c1ccc2c(N3CCC(CCO)CC3)nnc(NCc3ccc(OC)c(Cl)c3)c2c1. The third-order valence-electron chi connectivity index (χ3n) is 6.00. The molecule has 0 amide bonds. The molecule has 1 aliphatic heterocycles. The van der Waals surface area contributed by atoms with Gasteiger partial charge in [-0.05, 0) is 48.9 Å². The quantitative estimate of drug-likeness (QED) is 0.430. The molecule has 0 saturated carbocycles. The number of methoxy groups -OCH3 is 1. The largest absolute Gasteiger partial charge is 0.495 e. The van der Waals surface area contributed by atoms with Crippen LogP contribution in [-0.4, -0.2) is 42.1 Å². The summed E-state index contributed by atoms with van der Waals surface area (Å²) in [6, 6.07) is 11.3. The third-order valence-corrected chi connectivity index (χ3v) is 6.30. The van der Waals surface area contributed by atoms with Crippen LogP contribution in [0.15, 0.2) is 36.4 Å². The molecule has 33 heavy (non-hydrogen) atoms. The van der Waals surface area contributed by atoms with Crippen molar-refractivity contribution in [1.29, 1.82) is 0 Å². The zero-order valence-corrected chi connectivity index (χ0v) is 20.0. The van der Waals surface area contributed by atoms with Crippen molar-refractivity contribution in [3.63, 3.8) is 0 Å². The molecule has 9 heteroatoms. The van der Waals surface area contributed by atoms with E-state index < -0.39 is 0 Å². The monoisotopic (exact) mass is 487 g/mol. The van der Waals surface area contributed by atoms with Crippen LogP contribution < -0.4 is 15.0 Å². The number of nitrogens with one attached hydrogen (secondary N) is 1. The van der Waals surface area contributed by atoms with Crippen molar-refractivity contribution < 1.29 is 9.84 Å². The lowest BCUT2D eigenvalue weighted by Gasteiger charge is -2.33. The molecule has 174 valence electrons. The fourth-order valence-electron chi connectivity index (χ4n) is 4.18. The van der Waals surface area contributed by atoms with E-state index in [0.717, 1.165) is 54.5 Å². The van der Waals surface area contributed by atoms with E-state index in [9.17, 15) is 5.11 Å². The van der Waals surface area contributed by atoms with Crippen LogP contribution in [0.25, 0.3) is 15.6 Å². The van der Waals surface area contributed by atoms with Crippen molar-refractivity contribution in [3.05, 3.63) is 58.4 Å². The predicted molar refractivity (Wildman–Crippen MR) is 135 cm³/mol. The van der Waals surface area contributed by atoms with Crippen LogP contribution in [-0.2, 0) is 6.54 Å². The number of benzene rings is 2. The van der Waals surface area contributed by atoms with Crippen molar-refractivity contribution in [2.24, 2.45) is 5.92 Å². The summed E-state index contributed by atoms with van der Waals surface area (Å²) in [4.78, 5) is 5.85. The minimum Gasteiger partial charge on any atom is -0.495 e. The number of halogens is 2. The lowest BCUT2D eigenvalue weighted by atomic mass is 9.94. The number of fused-ring (bicyclic) bond motifs is 1. The first-order valence-corrected chi connectivity index (χ1v) is 11.1. The summed E-state index contributed by atoms with van der Waals surface area (Å²) in [5.74, 6) is 2.67. The summed E-state index contributed by atoms with van der Waals surface area (Å²) in [6.07, 6.45) is 2.91. The molecule has 4 rings (SSSR count). The minimum absolute atomic E-state index is 0. The second kappa shape index (κ2) is 11.4. The predicted octanol–water partition coefficient (Wildman–Crippen LogP) is 5.48. The Morgan fingerprint density at radius 1 is 1.18 bits per heavy atom. The molecule has 0 radical (unpaired) electrons. The second-order valence-corrected chi connectivity index (χ2v) is 8.39. The number of ether oxygens (including phenoxy) is 1. The number of anilines is 2. The van der Waals surface area contributed by atoms with Gasteiger partial charge >= 0.3 is 0 Å². The van der Waals surface area contributed by atoms with Crippen molar-refractivity contribution in [3.8, 4) is 5.75 Å². The lowest BCUT2D eigenvalue weighted by Crippen LogP contribution is -2.34. The Kier molecular flexibility index (Phi) is 8.56. The van der Waals surface area contributed by atoms with Gasteiger partial charge in [0.15, 0.2) is 17.3 Å². The van der Waals surface area contributed by atoms with E-state index in [4.69, 9.17) is 22.9 Å². The van der Waals surface area contributed by atoms with E-state index in [1.807, 2.05) is 36.4 Å². The average molecular weight is 488 g/mol. The minimum atomic E-state index is 0. The molecular weight excluding hydrogens is 461 g/mol. The van der Waals surface area contributed by atoms with Gasteiger partial charge in [-0.2, -0.15) is 0 Å². The van der Waals surface area contributed by atoms with E-state index in [1.54, 1.807) is 7.11 Å². The van der Waals surface area contributed by atoms with Crippen LogP contribution in [0.5, 0.6) is 5.75 Å². The Bertz CT molecular complexity index is 1140. The Morgan fingerprint density at radius 3 is 2.64 bits per heavy atom. The zero-order chi connectivity index (χ0) is 22.5. The number of piperidine rings is 1. The van der Waals surface area contributed by atoms with Crippen LogP contribution >= 0.6 is 24.0 Å². The van der Waals surface area contributed by atoms with Crippen LogP contribution in [0.4, 0.5) is 17.3 Å². The van der Waals surface area contributed by atoms with Crippen LogP contribution in [0.2, 0.25) is 5.02 Å². The first-order chi connectivity index (χ1) is 15.6. The number of hydrogen-bond donors (Lipinski definition) is 2. The molecule has 2 aromatic carbocycles. The molecule has 1 aliphatic rings. The maximum absolute atomic E-state index is 9.22. The highest BCUT2D eigenvalue weighted by Crippen LogP contribution is 2.34. The standard InChI is InChI=1S/C24H26ClN5O2.ClH/c1-26-18-4-5-19-20(14-18)23(27-15-17-3-6-22(32-2)21(25)13-17)28-29-24(19)30-10-7-16(8-11-30)9-12-31;/h3-6,13-14,16,31H,7-12,15H2,2H3,(H,27,28);1H. The van der Waals surface area contributed by atoms with Gasteiger partial charge in [0.25, 0.3) is 0 Å². The first kappa shape index (κ1) is 24.8.